The molecule has 0 spiro atoms. The summed E-state index contributed by atoms with van der Waals surface area (Å²) in [5.41, 5.74) is 0.321. The summed E-state index contributed by atoms with van der Waals surface area (Å²) in [4.78, 5) is 13.5. The van der Waals surface area contributed by atoms with E-state index in [9.17, 15) is 0 Å². The van der Waals surface area contributed by atoms with Crippen molar-refractivity contribution in [2.45, 2.75) is 20.8 Å². The third-order valence-corrected chi connectivity index (χ3v) is 4.57. The van der Waals surface area contributed by atoms with Gasteiger partial charge in [-0.2, -0.15) is 12.6 Å². The number of piperazine rings is 1. The summed E-state index contributed by atoms with van der Waals surface area (Å²) >= 11 is 4.53. The van der Waals surface area contributed by atoms with Crippen molar-refractivity contribution in [3.8, 4) is 0 Å². The molecule has 2 heterocycles. The van der Waals surface area contributed by atoms with Gasteiger partial charge in [0.1, 0.15) is 0 Å². The number of thiol groups is 1. The second-order valence-electron chi connectivity index (χ2n) is 6.58. The number of hydrogen-bond acceptors (Lipinski definition) is 5. The lowest BCUT2D eigenvalue weighted by molar-refractivity contribution is 0.158. The van der Waals surface area contributed by atoms with Crippen LogP contribution in [0.1, 0.15) is 20.8 Å². The highest BCUT2D eigenvalue weighted by atomic mass is 32.1. The van der Waals surface area contributed by atoms with Crippen LogP contribution in [0.2, 0.25) is 0 Å². The highest BCUT2D eigenvalue weighted by Gasteiger charge is 2.27. The minimum absolute atomic E-state index is 0.321. The molecule has 0 bridgehead atoms. The van der Waals surface area contributed by atoms with Crippen LogP contribution in [-0.4, -0.2) is 53.3 Å². The fourth-order valence-electron chi connectivity index (χ4n) is 2.50. The Balaban J connectivity index is 1.85. The standard InChI is InChI=1S/C15H26N4S/c1-15(2,3)13(12-20)11-18-7-9-19(10-8-18)14-16-5-4-6-17-14/h4-6,13,20H,7-12H2,1-3H3. The van der Waals surface area contributed by atoms with Crippen molar-refractivity contribution >= 4 is 18.6 Å². The molecule has 1 saturated heterocycles. The van der Waals surface area contributed by atoms with Crippen molar-refractivity contribution < 1.29 is 0 Å². The molecule has 4 nitrogen and oxygen atoms in total. The molecular weight excluding hydrogens is 268 g/mol. The number of rotatable bonds is 4. The molecule has 20 heavy (non-hydrogen) atoms. The molecule has 0 radical (unpaired) electrons. The molecule has 0 amide bonds. The van der Waals surface area contributed by atoms with Gasteiger partial charge in [0.25, 0.3) is 0 Å². The fraction of sp³-hybridized carbons (Fsp3) is 0.733. The van der Waals surface area contributed by atoms with Gasteiger partial charge in [-0.25, -0.2) is 9.97 Å². The second-order valence-corrected chi connectivity index (χ2v) is 6.95. The first-order valence-corrected chi connectivity index (χ1v) is 7.99. The predicted octanol–water partition coefficient (Wildman–Crippen LogP) is 2.19. The van der Waals surface area contributed by atoms with Crippen molar-refractivity contribution in [2.75, 3.05) is 43.4 Å². The van der Waals surface area contributed by atoms with Gasteiger partial charge in [-0.3, -0.25) is 4.90 Å². The monoisotopic (exact) mass is 294 g/mol. The van der Waals surface area contributed by atoms with Gasteiger partial charge in [-0.15, -0.1) is 0 Å². The third kappa shape index (κ3) is 4.09. The fourth-order valence-corrected chi connectivity index (χ4v) is 3.17. The number of anilines is 1. The lowest BCUT2D eigenvalue weighted by atomic mass is 9.81. The van der Waals surface area contributed by atoms with Crippen molar-refractivity contribution in [3.05, 3.63) is 18.5 Å². The van der Waals surface area contributed by atoms with Crippen LogP contribution in [0.3, 0.4) is 0 Å². The molecule has 0 N–H and O–H groups in total. The average molecular weight is 294 g/mol. The van der Waals surface area contributed by atoms with Crippen molar-refractivity contribution in [3.63, 3.8) is 0 Å². The van der Waals surface area contributed by atoms with E-state index in [1.165, 1.54) is 0 Å². The molecule has 112 valence electrons. The maximum absolute atomic E-state index is 4.53. The quantitative estimate of drug-likeness (QED) is 0.863. The Labute approximate surface area is 128 Å². The SMILES string of the molecule is CC(C)(C)C(CS)CN1CCN(c2ncccn2)CC1. The summed E-state index contributed by atoms with van der Waals surface area (Å²) in [6.07, 6.45) is 3.62. The maximum atomic E-state index is 4.53. The van der Waals surface area contributed by atoms with Gasteiger partial charge in [0.15, 0.2) is 0 Å². The number of aromatic nitrogens is 2. The van der Waals surface area contributed by atoms with Crippen LogP contribution in [0.15, 0.2) is 18.5 Å². The first-order chi connectivity index (χ1) is 9.50. The van der Waals surface area contributed by atoms with Gasteiger partial charge in [-0.1, -0.05) is 20.8 Å². The third-order valence-electron chi connectivity index (χ3n) is 4.13. The summed E-state index contributed by atoms with van der Waals surface area (Å²) in [7, 11) is 0. The minimum Gasteiger partial charge on any atom is -0.338 e. The first-order valence-electron chi connectivity index (χ1n) is 7.36. The summed E-state index contributed by atoms with van der Waals surface area (Å²) in [5.74, 6) is 2.44. The molecule has 1 aliphatic heterocycles. The molecule has 5 heteroatoms. The molecule has 1 aliphatic rings. The van der Waals surface area contributed by atoms with E-state index >= 15 is 0 Å². The number of hydrogen-bond donors (Lipinski definition) is 1. The molecule has 0 saturated carbocycles. The normalized spacial score (nSPS) is 19.1. The van der Waals surface area contributed by atoms with Gasteiger partial charge in [0.2, 0.25) is 5.95 Å². The Morgan fingerprint density at radius 3 is 2.25 bits per heavy atom. The zero-order chi connectivity index (χ0) is 14.6. The predicted molar refractivity (Wildman–Crippen MR) is 87.5 cm³/mol. The summed E-state index contributed by atoms with van der Waals surface area (Å²) in [6, 6.07) is 1.86. The zero-order valence-corrected chi connectivity index (χ0v) is 13.7. The maximum Gasteiger partial charge on any atom is 0.225 e. The van der Waals surface area contributed by atoms with Crippen LogP contribution in [0.25, 0.3) is 0 Å². The lowest BCUT2D eigenvalue weighted by Gasteiger charge is -2.39. The lowest BCUT2D eigenvalue weighted by Crippen LogP contribution is -2.49. The van der Waals surface area contributed by atoms with Gasteiger partial charge in [0.05, 0.1) is 0 Å². The van der Waals surface area contributed by atoms with Crippen LogP contribution in [0, 0.1) is 11.3 Å². The smallest absolute Gasteiger partial charge is 0.225 e. The summed E-state index contributed by atoms with van der Waals surface area (Å²) in [5, 5.41) is 0. The van der Waals surface area contributed by atoms with Crippen molar-refractivity contribution in [1.82, 2.24) is 14.9 Å². The largest absolute Gasteiger partial charge is 0.338 e. The van der Waals surface area contributed by atoms with E-state index in [-0.39, 0.29) is 0 Å². The first kappa shape index (κ1) is 15.6. The highest BCUT2D eigenvalue weighted by Crippen LogP contribution is 2.28. The van der Waals surface area contributed by atoms with Gasteiger partial charge < -0.3 is 4.90 Å². The van der Waals surface area contributed by atoms with Gasteiger partial charge in [0, 0.05) is 45.1 Å². The molecule has 1 unspecified atom stereocenters. The molecule has 1 atom stereocenters. The summed E-state index contributed by atoms with van der Waals surface area (Å²) in [6.45, 7) is 12.2. The van der Waals surface area contributed by atoms with E-state index in [0.29, 0.717) is 11.3 Å². The molecule has 1 aromatic heterocycles. The second kappa shape index (κ2) is 6.76. The molecule has 2 rings (SSSR count). The van der Waals surface area contributed by atoms with Crippen molar-refractivity contribution in [2.24, 2.45) is 11.3 Å². The molecule has 0 aromatic carbocycles. The summed E-state index contributed by atoms with van der Waals surface area (Å²) < 4.78 is 0. The Hall–Kier alpha value is -0.810. The van der Waals surface area contributed by atoms with E-state index in [2.05, 4.69) is 53.2 Å². The van der Waals surface area contributed by atoms with Gasteiger partial charge in [-0.05, 0) is 23.2 Å². The molecule has 0 aliphatic carbocycles. The Morgan fingerprint density at radius 1 is 1.15 bits per heavy atom. The molecule has 1 fully saturated rings. The van der Waals surface area contributed by atoms with Gasteiger partial charge >= 0.3 is 0 Å². The van der Waals surface area contributed by atoms with Crippen molar-refractivity contribution in [1.29, 1.82) is 0 Å². The highest BCUT2D eigenvalue weighted by molar-refractivity contribution is 7.80. The van der Waals surface area contributed by atoms with Crippen LogP contribution < -0.4 is 4.90 Å². The molecular formula is C15H26N4S. The van der Waals surface area contributed by atoms with Crippen LogP contribution >= 0.6 is 12.6 Å². The van der Waals surface area contributed by atoms with Crippen LogP contribution in [0.5, 0.6) is 0 Å². The average Bonchev–Trinajstić information content (AvgIpc) is 2.45. The van der Waals surface area contributed by atoms with E-state index in [4.69, 9.17) is 0 Å². The Morgan fingerprint density at radius 2 is 1.75 bits per heavy atom. The van der Waals surface area contributed by atoms with Crippen LogP contribution in [-0.2, 0) is 0 Å². The van der Waals surface area contributed by atoms with Crippen LogP contribution in [0.4, 0.5) is 5.95 Å². The van der Waals surface area contributed by atoms with E-state index in [1.807, 2.05) is 18.5 Å². The zero-order valence-electron chi connectivity index (χ0n) is 12.8. The Bertz CT molecular complexity index is 396. The molecule has 1 aromatic rings. The van der Waals surface area contributed by atoms with E-state index in [1.54, 1.807) is 0 Å². The minimum atomic E-state index is 0.321. The topological polar surface area (TPSA) is 32.3 Å². The van der Waals surface area contributed by atoms with E-state index < -0.39 is 0 Å². The van der Waals surface area contributed by atoms with E-state index in [0.717, 1.165) is 44.4 Å². The Kier molecular flexibility index (Phi) is 5.27. The number of nitrogens with zero attached hydrogens (tertiary/aromatic N) is 4.